The Morgan fingerprint density at radius 3 is 2.39 bits per heavy atom. The van der Waals surface area contributed by atoms with Gasteiger partial charge in [-0.1, -0.05) is 12.1 Å². The van der Waals surface area contributed by atoms with E-state index in [1.807, 2.05) is 0 Å². The normalized spacial score (nSPS) is 17.4. The Hall–Kier alpha value is -4.40. The first-order chi connectivity index (χ1) is 15.8. The van der Waals surface area contributed by atoms with Gasteiger partial charge >= 0.3 is 0 Å². The highest BCUT2D eigenvalue weighted by molar-refractivity contribution is 6.46. The van der Waals surface area contributed by atoms with Gasteiger partial charge in [-0.25, -0.2) is 4.39 Å². The number of ketones is 1. The number of hydrogen-bond donors (Lipinski definition) is 1. The molecule has 2 aromatic carbocycles. The summed E-state index contributed by atoms with van der Waals surface area (Å²) in [5.41, 5.74) is 1.11. The van der Waals surface area contributed by atoms with Crippen LogP contribution in [0.2, 0.25) is 0 Å². The number of nitrogens with zero attached hydrogens (tertiary/aromatic N) is 3. The number of amides is 1. The van der Waals surface area contributed by atoms with Gasteiger partial charge in [0.1, 0.15) is 11.6 Å². The van der Waals surface area contributed by atoms with Gasteiger partial charge in [0, 0.05) is 36.6 Å². The van der Waals surface area contributed by atoms with Gasteiger partial charge in [0.05, 0.1) is 16.5 Å². The quantitative estimate of drug-likeness (QED) is 0.207. The predicted molar refractivity (Wildman–Crippen MR) is 116 cm³/mol. The van der Waals surface area contributed by atoms with Gasteiger partial charge < -0.3 is 10.0 Å². The maximum atomic E-state index is 14.1. The lowest BCUT2D eigenvalue weighted by Crippen LogP contribution is -2.29. The molecule has 1 aliphatic rings. The molecule has 9 heteroatoms. The number of non-ortho nitro benzene ring substituents is 1. The molecule has 4 rings (SSSR count). The molecule has 0 radical (unpaired) electrons. The number of Topliss-reactive ketones (excluding diaryl/α,β-unsaturated/α-hetero) is 1. The van der Waals surface area contributed by atoms with Crippen LogP contribution in [0.3, 0.4) is 0 Å². The van der Waals surface area contributed by atoms with E-state index in [2.05, 4.69) is 4.98 Å². The lowest BCUT2D eigenvalue weighted by Gasteiger charge is -2.25. The second-order valence-electron chi connectivity index (χ2n) is 7.60. The minimum absolute atomic E-state index is 0.0355. The summed E-state index contributed by atoms with van der Waals surface area (Å²) in [5, 5.41) is 22.0. The summed E-state index contributed by atoms with van der Waals surface area (Å²) in [6, 6.07) is 11.7. The largest absolute Gasteiger partial charge is 0.507 e. The van der Waals surface area contributed by atoms with Crippen molar-refractivity contribution >= 4 is 23.1 Å². The maximum Gasteiger partial charge on any atom is 0.295 e. The Labute approximate surface area is 187 Å². The Morgan fingerprint density at radius 2 is 1.79 bits per heavy atom. The summed E-state index contributed by atoms with van der Waals surface area (Å²) < 4.78 is 14.1. The molecule has 1 amide bonds. The van der Waals surface area contributed by atoms with Crippen molar-refractivity contribution in [2.24, 2.45) is 0 Å². The third kappa shape index (κ3) is 4.08. The molecule has 0 saturated carbocycles. The highest BCUT2D eigenvalue weighted by atomic mass is 19.1. The summed E-state index contributed by atoms with van der Waals surface area (Å²) in [6.07, 6.45) is 3.09. The Bertz CT molecular complexity index is 1290. The lowest BCUT2D eigenvalue weighted by atomic mass is 9.94. The molecule has 166 valence electrons. The highest BCUT2D eigenvalue weighted by Gasteiger charge is 2.46. The lowest BCUT2D eigenvalue weighted by molar-refractivity contribution is -0.384. The molecule has 0 spiro atoms. The number of carbonyl (C=O) groups excluding carboxylic acids is 2. The summed E-state index contributed by atoms with van der Waals surface area (Å²) in [5.74, 6) is -2.86. The van der Waals surface area contributed by atoms with Gasteiger partial charge in [0.25, 0.3) is 17.4 Å². The molecule has 0 aliphatic carbocycles. The van der Waals surface area contributed by atoms with E-state index in [-0.39, 0.29) is 23.4 Å². The number of aliphatic hydroxyl groups excluding tert-OH is 1. The molecular weight excluding hydrogens is 429 g/mol. The first-order valence-corrected chi connectivity index (χ1v) is 9.96. The van der Waals surface area contributed by atoms with Crippen LogP contribution in [0.25, 0.3) is 5.76 Å². The van der Waals surface area contributed by atoms with Crippen molar-refractivity contribution in [2.75, 3.05) is 0 Å². The van der Waals surface area contributed by atoms with E-state index >= 15 is 0 Å². The molecule has 1 saturated heterocycles. The van der Waals surface area contributed by atoms with Gasteiger partial charge in [-0.2, -0.15) is 0 Å². The zero-order chi connectivity index (χ0) is 23.7. The second kappa shape index (κ2) is 8.62. The van der Waals surface area contributed by atoms with E-state index in [0.29, 0.717) is 16.7 Å². The fraction of sp³-hybridized carbons (Fsp3) is 0.125. The van der Waals surface area contributed by atoms with Crippen molar-refractivity contribution in [1.29, 1.82) is 0 Å². The van der Waals surface area contributed by atoms with Crippen molar-refractivity contribution in [3.63, 3.8) is 0 Å². The zero-order valence-corrected chi connectivity index (χ0v) is 17.4. The van der Waals surface area contributed by atoms with Crippen molar-refractivity contribution in [3.05, 3.63) is 111 Å². The molecule has 1 atom stereocenters. The Balaban J connectivity index is 1.87. The van der Waals surface area contributed by atoms with Crippen LogP contribution >= 0.6 is 0 Å². The summed E-state index contributed by atoms with van der Waals surface area (Å²) in [7, 11) is 0. The smallest absolute Gasteiger partial charge is 0.295 e. The van der Waals surface area contributed by atoms with Crippen LogP contribution in [0.5, 0.6) is 0 Å². The minimum Gasteiger partial charge on any atom is -0.507 e. The molecule has 3 aromatic rings. The predicted octanol–water partition coefficient (Wildman–Crippen LogP) is 4.06. The van der Waals surface area contributed by atoms with Crippen molar-refractivity contribution in [3.8, 4) is 0 Å². The number of benzene rings is 2. The monoisotopic (exact) mass is 447 g/mol. The molecule has 1 aromatic heterocycles. The molecule has 1 unspecified atom stereocenters. The molecule has 2 heterocycles. The van der Waals surface area contributed by atoms with E-state index in [0.717, 1.165) is 6.07 Å². The van der Waals surface area contributed by atoms with E-state index in [1.54, 1.807) is 31.5 Å². The number of hydrogen-bond acceptors (Lipinski definition) is 6. The van der Waals surface area contributed by atoms with Crippen LogP contribution in [0, 0.1) is 22.9 Å². The molecule has 1 fully saturated rings. The number of rotatable bonds is 5. The fourth-order valence-corrected chi connectivity index (χ4v) is 3.75. The fourth-order valence-electron chi connectivity index (χ4n) is 3.75. The standard InChI is InChI=1S/C24H18FN3O5/c1-14-2-3-17(12-19(14)25)22(29)20-21(16-4-6-18(7-5-16)28(32)33)27(24(31)23(20)30)13-15-8-10-26-11-9-15/h2-12,21,29H,13H2,1H3. The van der Waals surface area contributed by atoms with E-state index in [4.69, 9.17) is 0 Å². The number of aliphatic hydroxyl groups is 1. The number of pyridine rings is 1. The van der Waals surface area contributed by atoms with E-state index < -0.39 is 34.2 Å². The molecular formula is C24H18FN3O5. The molecule has 1 aliphatic heterocycles. The van der Waals surface area contributed by atoms with Crippen molar-refractivity contribution in [1.82, 2.24) is 9.88 Å². The van der Waals surface area contributed by atoms with Crippen molar-refractivity contribution < 1.29 is 24.0 Å². The SMILES string of the molecule is Cc1ccc(C(O)=C2C(=O)C(=O)N(Cc3ccncc3)C2c2ccc([N+](=O)[O-])cc2)cc1F. The third-order valence-corrected chi connectivity index (χ3v) is 5.51. The van der Waals surface area contributed by atoms with Gasteiger partial charge in [0.2, 0.25) is 0 Å². The number of nitro groups is 1. The van der Waals surface area contributed by atoms with Crippen LogP contribution < -0.4 is 0 Å². The van der Waals surface area contributed by atoms with Crippen LogP contribution in [-0.2, 0) is 16.1 Å². The first-order valence-electron chi connectivity index (χ1n) is 9.96. The van der Waals surface area contributed by atoms with Crippen molar-refractivity contribution in [2.45, 2.75) is 19.5 Å². The van der Waals surface area contributed by atoms with Crippen LogP contribution in [-0.4, -0.2) is 31.6 Å². The summed E-state index contributed by atoms with van der Waals surface area (Å²) in [4.78, 5) is 41.7. The number of aryl methyl sites for hydroxylation is 1. The first kappa shape index (κ1) is 21.8. The Morgan fingerprint density at radius 1 is 1.12 bits per heavy atom. The second-order valence-corrected chi connectivity index (χ2v) is 7.60. The average Bonchev–Trinajstić information content (AvgIpc) is 3.06. The number of nitro benzene ring substituents is 1. The highest BCUT2D eigenvalue weighted by Crippen LogP contribution is 2.40. The zero-order valence-electron chi connectivity index (χ0n) is 17.4. The maximum absolute atomic E-state index is 14.1. The van der Waals surface area contributed by atoms with Crippen LogP contribution in [0.4, 0.5) is 10.1 Å². The van der Waals surface area contributed by atoms with Crippen LogP contribution in [0.1, 0.15) is 28.3 Å². The molecule has 1 N–H and O–H groups in total. The topological polar surface area (TPSA) is 114 Å². The third-order valence-electron chi connectivity index (χ3n) is 5.51. The van der Waals surface area contributed by atoms with Gasteiger partial charge in [0.15, 0.2) is 0 Å². The molecule has 0 bridgehead atoms. The number of likely N-dealkylation sites (tertiary alicyclic amines) is 1. The minimum atomic E-state index is -1.02. The summed E-state index contributed by atoms with van der Waals surface area (Å²) >= 11 is 0. The van der Waals surface area contributed by atoms with Gasteiger partial charge in [-0.3, -0.25) is 24.7 Å². The number of halogens is 1. The van der Waals surface area contributed by atoms with Gasteiger partial charge in [-0.15, -0.1) is 0 Å². The molecule has 33 heavy (non-hydrogen) atoms. The van der Waals surface area contributed by atoms with E-state index in [1.165, 1.54) is 41.3 Å². The number of carbonyl (C=O) groups is 2. The van der Waals surface area contributed by atoms with Crippen LogP contribution in [0.15, 0.2) is 72.6 Å². The average molecular weight is 447 g/mol. The molecule has 8 nitrogen and oxygen atoms in total. The summed E-state index contributed by atoms with van der Waals surface area (Å²) in [6.45, 7) is 1.59. The number of aromatic nitrogens is 1. The van der Waals surface area contributed by atoms with E-state index in [9.17, 15) is 29.2 Å². The van der Waals surface area contributed by atoms with Gasteiger partial charge in [-0.05, 0) is 53.9 Å². The Kier molecular flexibility index (Phi) is 5.70.